The number of nitrogens with one attached hydrogen (secondary N) is 1. The predicted molar refractivity (Wildman–Crippen MR) is 84.6 cm³/mol. The maximum atomic E-state index is 12.6. The number of benzene rings is 2. The van der Waals surface area contributed by atoms with Crippen LogP contribution < -0.4 is 9.46 Å². The van der Waals surface area contributed by atoms with Crippen LogP contribution in [0.2, 0.25) is 5.02 Å². The van der Waals surface area contributed by atoms with Gasteiger partial charge < -0.3 is 4.74 Å². The minimum absolute atomic E-state index is 0.101. The zero-order chi connectivity index (χ0) is 15.5. The van der Waals surface area contributed by atoms with Crippen LogP contribution in [0.4, 0.5) is 5.69 Å². The lowest BCUT2D eigenvalue weighted by atomic mass is 10.2. The summed E-state index contributed by atoms with van der Waals surface area (Å²) in [4.78, 5) is 0.101. The molecule has 0 aliphatic rings. The number of ether oxygens (including phenoxy) is 1. The van der Waals surface area contributed by atoms with Gasteiger partial charge in [-0.3, -0.25) is 4.72 Å². The summed E-state index contributed by atoms with van der Waals surface area (Å²) in [6, 6.07) is 11.7. The molecule has 0 saturated heterocycles. The van der Waals surface area contributed by atoms with Gasteiger partial charge in [0.15, 0.2) is 0 Å². The summed E-state index contributed by atoms with van der Waals surface area (Å²) in [5, 5.41) is 0.340. The van der Waals surface area contributed by atoms with Gasteiger partial charge >= 0.3 is 0 Å². The van der Waals surface area contributed by atoms with Crippen LogP contribution in [0, 0.1) is 6.92 Å². The largest absolute Gasteiger partial charge is 0.492 e. The number of anilines is 1. The summed E-state index contributed by atoms with van der Waals surface area (Å²) in [6.45, 7) is 4.01. The van der Waals surface area contributed by atoms with E-state index in [0.29, 0.717) is 23.1 Å². The maximum absolute atomic E-state index is 12.6. The predicted octanol–water partition coefficient (Wildman–Crippen LogP) is 3.85. The van der Waals surface area contributed by atoms with Gasteiger partial charge in [-0.05, 0) is 43.7 Å². The Hall–Kier alpha value is -1.72. The summed E-state index contributed by atoms with van der Waals surface area (Å²) in [5.41, 5.74) is 1.17. The molecule has 0 bridgehead atoms. The number of rotatable bonds is 5. The highest BCUT2D eigenvalue weighted by molar-refractivity contribution is 7.92. The molecule has 0 unspecified atom stereocenters. The Morgan fingerprint density at radius 2 is 1.90 bits per heavy atom. The van der Waals surface area contributed by atoms with Crippen LogP contribution in [0.15, 0.2) is 47.4 Å². The second-order valence-corrected chi connectivity index (χ2v) is 6.53. The van der Waals surface area contributed by atoms with E-state index in [1.165, 1.54) is 0 Å². The normalized spacial score (nSPS) is 11.2. The number of para-hydroxylation sites is 1. The monoisotopic (exact) mass is 325 g/mol. The van der Waals surface area contributed by atoms with Crippen LogP contribution in [-0.2, 0) is 10.0 Å². The molecule has 0 fully saturated rings. The van der Waals surface area contributed by atoms with E-state index in [1.807, 2.05) is 6.92 Å². The molecule has 2 aromatic rings. The number of aryl methyl sites for hydroxylation is 1. The van der Waals surface area contributed by atoms with E-state index in [2.05, 4.69) is 4.72 Å². The molecular formula is C15H16ClNO3S. The maximum Gasteiger partial charge on any atom is 0.265 e. The molecule has 112 valence electrons. The fourth-order valence-corrected chi connectivity index (χ4v) is 3.39. The Bertz CT molecular complexity index is 744. The van der Waals surface area contributed by atoms with Crippen LogP contribution >= 0.6 is 11.6 Å². The zero-order valence-corrected chi connectivity index (χ0v) is 13.3. The van der Waals surface area contributed by atoms with Crippen LogP contribution in [0.3, 0.4) is 0 Å². The second kappa shape index (κ2) is 6.37. The van der Waals surface area contributed by atoms with E-state index >= 15 is 0 Å². The average molecular weight is 326 g/mol. The van der Waals surface area contributed by atoms with Gasteiger partial charge in [0.25, 0.3) is 10.0 Å². The summed E-state index contributed by atoms with van der Waals surface area (Å²) in [7, 11) is -3.77. The van der Waals surface area contributed by atoms with Crippen molar-refractivity contribution in [3.8, 4) is 5.75 Å². The number of sulfonamides is 1. The van der Waals surface area contributed by atoms with Crippen molar-refractivity contribution in [1.82, 2.24) is 0 Å². The Morgan fingerprint density at radius 3 is 2.57 bits per heavy atom. The highest BCUT2D eigenvalue weighted by Crippen LogP contribution is 2.29. The third-order valence-electron chi connectivity index (χ3n) is 2.81. The number of hydrogen-bond acceptors (Lipinski definition) is 3. The molecule has 4 nitrogen and oxygen atoms in total. The molecule has 0 saturated carbocycles. The first-order valence-electron chi connectivity index (χ1n) is 6.45. The fraction of sp³-hybridized carbons (Fsp3) is 0.200. The topological polar surface area (TPSA) is 55.4 Å². The molecule has 1 N–H and O–H groups in total. The summed E-state index contributed by atoms with van der Waals surface area (Å²) < 4.78 is 33.0. The minimum atomic E-state index is -3.77. The Labute approximate surface area is 129 Å². The van der Waals surface area contributed by atoms with E-state index in [1.54, 1.807) is 49.4 Å². The van der Waals surface area contributed by atoms with Crippen LogP contribution in [0.1, 0.15) is 12.5 Å². The molecule has 2 rings (SSSR count). The number of hydrogen-bond donors (Lipinski definition) is 1. The van der Waals surface area contributed by atoms with Crippen molar-refractivity contribution in [2.45, 2.75) is 18.7 Å². The molecule has 6 heteroatoms. The lowest BCUT2D eigenvalue weighted by Gasteiger charge is -2.14. The van der Waals surface area contributed by atoms with Gasteiger partial charge in [-0.25, -0.2) is 8.42 Å². The lowest BCUT2D eigenvalue weighted by Crippen LogP contribution is -2.15. The SMILES string of the molecule is CCOc1ccc(C)cc1S(=O)(=O)Nc1ccccc1Cl. The third-order valence-corrected chi connectivity index (χ3v) is 4.52. The van der Waals surface area contributed by atoms with Crippen molar-refractivity contribution in [3.63, 3.8) is 0 Å². The van der Waals surface area contributed by atoms with Crippen molar-refractivity contribution in [2.75, 3.05) is 11.3 Å². The van der Waals surface area contributed by atoms with Crippen LogP contribution in [0.25, 0.3) is 0 Å². The van der Waals surface area contributed by atoms with Crippen molar-refractivity contribution < 1.29 is 13.2 Å². The van der Waals surface area contributed by atoms with E-state index in [4.69, 9.17) is 16.3 Å². The molecule has 21 heavy (non-hydrogen) atoms. The van der Waals surface area contributed by atoms with Gasteiger partial charge in [-0.15, -0.1) is 0 Å². The second-order valence-electron chi connectivity index (χ2n) is 4.47. The Kier molecular flexibility index (Phi) is 4.75. The van der Waals surface area contributed by atoms with Gasteiger partial charge in [0.2, 0.25) is 0 Å². The third kappa shape index (κ3) is 3.68. The first-order chi connectivity index (χ1) is 9.94. The molecule has 2 aromatic carbocycles. The van der Waals surface area contributed by atoms with Gasteiger partial charge in [-0.2, -0.15) is 0 Å². The quantitative estimate of drug-likeness (QED) is 0.908. The lowest BCUT2D eigenvalue weighted by molar-refractivity contribution is 0.331. The number of halogens is 1. The van der Waals surface area contributed by atoms with Crippen molar-refractivity contribution in [2.24, 2.45) is 0 Å². The van der Waals surface area contributed by atoms with E-state index < -0.39 is 10.0 Å². The summed E-state index contributed by atoms with van der Waals surface area (Å²) >= 11 is 5.99. The minimum Gasteiger partial charge on any atom is -0.492 e. The van der Waals surface area contributed by atoms with Crippen molar-refractivity contribution in [3.05, 3.63) is 53.1 Å². The fourth-order valence-electron chi connectivity index (χ4n) is 1.84. The van der Waals surface area contributed by atoms with Crippen molar-refractivity contribution >= 4 is 27.3 Å². The first-order valence-corrected chi connectivity index (χ1v) is 8.31. The smallest absolute Gasteiger partial charge is 0.265 e. The molecule has 0 amide bonds. The first kappa shape index (κ1) is 15.7. The summed E-state index contributed by atoms with van der Waals surface area (Å²) in [5.74, 6) is 0.322. The van der Waals surface area contributed by atoms with Gasteiger partial charge in [0.05, 0.1) is 17.3 Å². The Balaban J connectivity index is 2.44. The van der Waals surface area contributed by atoms with Crippen LogP contribution in [0.5, 0.6) is 5.75 Å². The van der Waals surface area contributed by atoms with E-state index in [9.17, 15) is 8.42 Å². The van der Waals surface area contributed by atoms with E-state index in [-0.39, 0.29) is 4.90 Å². The van der Waals surface area contributed by atoms with Gasteiger partial charge in [-0.1, -0.05) is 29.8 Å². The molecular weight excluding hydrogens is 310 g/mol. The van der Waals surface area contributed by atoms with Crippen LogP contribution in [-0.4, -0.2) is 15.0 Å². The standard InChI is InChI=1S/C15H16ClNO3S/c1-3-20-14-9-8-11(2)10-15(14)21(18,19)17-13-7-5-4-6-12(13)16/h4-10,17H,3H2,1-2H3. The molecule has 0 atom stereocenters. The molecule has 0 heterocycles. The van der Waals surface area contributed by atoms with Gasteiger partial charge in [0, 0.05) is 0 Å². The molecule has 0 aliphatic carbocycles. The summed E-state index contributed by atoms with van der Waals surface area (Å²) in [6.07, 6.45) is 0. The van der Waals surface area contributed by atoms with Crippen molar-refractivity contribution in [1.29, 1.82) is 0 Å². The zero-order valence-electron chi connectivity index (χ0n) is 11.8. The molecule has 0 aliphatic heterocycles. The van der Waals surface area contributed by atoms with Gasteiger partial charge in [0.1, 0.15) is 10.6 Å². The Morgan fingerprint density at radius 1 is 1.19 bits per heavy atom. The average Bonchev–Trinajstić information content (AvgIpc) is 2.43. The van der Waals surface area contributed by atoms with E-state index in [0.717, 1.165) is 5.56 Å². The molecule has 0 aromatic heterocycles. The molecule has 0 spiro atoms. The highest BCUT2D eigenvalue weighted by atomic mass is 35.5. The molecule has 0 radical (unpaired) electrons. The highest BCUT2D eigenvalue weighted by Gasteiger charge is 2.21.